The van der Waals surface area contributed by atoms with Crippen LogP contribution in [0.4, 0.5) is 5.69 Å². The molecule has 0 saturated carbocycles. The van der Waals surface area contributed by atoms with Crippen molar-refractivity contribution < 1.29 is 18.7 Å². The van der Waals surface area contributed by atoms with Crippen LogP contribution in [0.25, 0.3) is 0 Å². The molecule has 5 heteroatoms. The third-order valence-electron chi connectivity index (χ3n) is 1.20. The first kappa shape index (κ1) is 12.1. The zero-order valence-corrected chi connectivity index (χ0v) is 8.25. The summed E-state index contributed by atoms with van der Waals surface area (Å²) in [6.45, 7) is 1.31. The van der Waals surface area contributed by atoms with Crippen molar-refractivity contribution in [2.24, 2.45) is 0 Å². The first-order chi connectivity index (χ1) is 5.95. The third-order valence-corrected chi connectivity index (χ3v) is 1.90. The Morgan fingerprint density at radius 3 is 1.85 bits per heavy atom. The van der Waals surface area contributed by atoms with Crippen LogP contribution in [0.1, 0.15) is 6.92 Å². The summed E-state index contributed by atoms with van der Waals surface area (Å²) in [5, 5.41) is 0. The highest BCUT2D eigenvalue weighted by molar-refractivity contribution is 7.85. The highest BCUT2D eigenvalue weighted by Crippen LogP contribution is 1.93. The van der Waals surface area contributed by atoms with E-state index >= 15 is 0 Å². The minimum atomic E-state index is -3.91. The first-order valence-electron chi connectivity index (χ1n) is 3.76. The van der Waals surface area contributed by atoms with Crippen LogP contribution >= 0.6 is 0 Å². The minimum Gasteiger partial charge on any atom is -0.748 e. The van der Waals surface area contributed by atoms with E-state index < -0.39 is 10.1 Å². The first-order valence-corrected chi connectivity index (χ1v) is 5.34. The molecule has 0 saturated heterocycles. The summed E-state index contributed by atoms with van der Waals surface area (Å²) in [5.74, 6) is -0.312. The van der Waals surface area contributed by atoms with Gasteiger partial charge in [-0.25, -0.2) is 8.42 Å². The van der Waals surface area contributed by atoms with Gasteiger partial charge in [-0.2, -0.15) is 0 Å². The van der Waals surface area contributed by atoms with Crippen molar-refractivity contribution in [3.8, 4) is 0 Å². The molecule has 0 aliphatic heterocycles. The van der Waals surface area contributed by atoms with Crippen LogP contribution in [-0.4, -0.2) is 18.7 Å². The standard InChI is InChI=1S/C6H7N.C2H6O3S/c7-6-4-2-1-3-5-6;1-2-6(3,4)5/h1-5H,7H2;2H2,1H3,(H,3,4,5). The van der Waals surface area contributed by atoms with Crippen LogP contribution in [0.5, 0.6) is 0 Å². The van der Waals surface area contributed by atoms with Gasteiger partial charge in [-0.1, -0.05) is 25.1 Å². The number of benzene rings is 1. The fourth-order valence-electron chi connectivity index (χ4n) is 0.478. The molecule has 0 radical (unpaired) electrons. The average Bonchev–Trinajstić information content (AvgIpc) is 2.06. The summed E-state index contributed by atoms with van der Waals surface area (Å²) in [4.78, 5) is 0. The minimum absolute atomic E-state index is 0.312. The normalized spacial score (nSPS) is 10.1. The molecule has 0 fully saturated rings. The van der Waals surface area contributed by atoms with E-state index in [1.165, 1.54) is 6.92 Å². The third kappa shape index (κ3) is 9.00. The van der Waals surface area contributed by atoms with Crippen LogP contribution in [0.3, 0.4) is 0 Å². The quantitative estimate of drug-likeness (QED) is 0.657. The van der Waals surface area contributed by atoms with Gasteiger partial charge in [-0.05, 0) is 12.1 Å². The lowest BCUT2D eigenvalue weighted by molar-refractivity contribution is -0.254. The maximum Gasteiger partial charge on any atom is 0.127 e. The van der Waals surface area contributed by atoms with Gasteiger partial charge in [0.05, 0.1) is 10.1 Å². The van der Waals surface area contributed by atoms with Crippen molar-refractivity contribution >= 4 is 15.8 Å². The lowest BCUT2D eigenvalue weighted by atomic mass is 10.3. The number of quaternary nitrogens is 1. The average molecular weight is 203 g/mol. The molecule has 0 spiro atoms. The Balaban J connectivity index is 0.000000226. The summed E-state index contributed by atoms with van der Waals surface area (Å²) < 4.78 is 28.3. The molecule has 13 heavy (non-hydrogen) atoms. The SMILES string of the molecule is CCS(=O)(=O)[O-].[NH3+]c1ccccc1. The van der Waals surface area contributed by atoms with Crippen molar-refractivity contribution in [2.75, 3.05) is 5.75 Å². The summed E-state index contributed by atoms with van der Waals surface area (Å²) in [6, 6.07) is 9.87. The zero-order chi connectivity index (χ0) is 10.3. The van der Waals surface area contributed by atoms with Crippen LogP contribution in [-0.2, 0) is 10.1 Å². The molecular formula is C8H13NO3S. The second-order valence-corrected chi connectivity index (χ2v) is 4.02. The molecule has 0 unspecified atom stereocenters. The summed E-state index contributed by atoms with van der Waals surface area (Å²) in [5.41, 5.74) is 4.79. The molecule has 0 amide bonds. The van der Waals surface area contributed by atoms with Crippen LogP contribution < -0.4 is 5.73 Å². The van der Waals surface area contributed by atoms with Gasteiger partial charge < -0.3 is 10.3 Å². The molecule has 1 aromatic carbocycles. The van der Waals surface area contributed by atoms with E-state index in [0.717, 1.165) is 5.69 Å². The van der Waals surface area contributed by atoms with Crippen molar-refractivity contribution in [1.82, 2.24) is 0 Å². The molecule has 4 nitrogen and oxygen atoms in total. The van der Waals surface area contributed by atoms with Gasteiger partial charge in [0, 0.05) is 5.75 Å². The van der Waals surface area contributed by atoms with Gasteiger partial charge in [0.1, 0.15) is 5.69 Å². The Hall–Kier alpha value is -0.910. The van der Waals surface area contributed by atoms with Crippen molar-refractivity contribution in [3.05, 3.63) is 30.3 Å². The number of hydrogen-bond donors (Lipinski definition) is 1. The Bertz CT molecular complexity index is 321. The Morgan fingerprint density at radius 2 is 1.69 bits per heavy atom. The van der Waals surface area contributed by atoms with E-state index in [-0.39, 0.29) is 5.75 Å². The van der Waals surface area contributed by atoms with Gasteiger partial charge in [-0.15, -0.1) is 0 Å². The topological polar surface area (TPSA) is 84.8 Å². The molecule has 1 aromatic rings. The highest BCUT2D eigenvalue weighted by atomic mass is 32.2. The second-order valence-electron chi connectivity index (χ2n) is 2.33. The molecule has 3 N–H and O–H groups in total. The fourth-order valence-corrected chi connectivity index (χ4v) is 0.478. The Kier molecular flexibility index (Phi) is 5.29. The maximum atomic E-state index is 9.44. The molecule has 0 aliphatic rings. The molecule has 1 rings (SSSR count). The monoisotopic (exact) mass is 203 g/mol. The van der Waals surface area contributed by atoms with E-state index in [2.05, 4.69) is 5.73 Å². The van der Waals surface area contributed by atoms with E-state index in [0.29, 0.717) is 0 Å². The Morgan fingerprint density at radius 1 is 1.31 bits per heavy atom. The predicted molar refractivity (Wildman–Crippen MR) is 49.2 cm³/mol. The van der Waals surface area contributed by atoms with E-state index in [9.17, 15) is 13.0 Å². The largest absolute Gasteiger partial charge is 0.748 e. The molecule has 0 aromatic heterocycles. The summed E-state index contributed by atoms with van der Waals surface area (Å²) in [7, 11) is -3.91. The summed E-state index contributed by atoms with van der Waals surface area (Å²) in [6.07, 6.45) is 0. The van der Waals surface area contributed by atoms with Crippen LogP contribution in [0, 0.1) is 0 Å². The smallest absolute Gasteiger partial charge is 0.127 e. The molecule has 0 atom stereocenters. The molecule has 0 aliphatic carbocycles. The van der Waals surface area contributed by atoms with Gasteiger partial charge >= 0.3 is 0 Å². The van der Waals surface area contributed by atoms with Crippen LogP contribution in [0.2, 0.25) is 0 Å². The van der Waals surface area contributed by atoms with E-state index in [1.807, 2.05) is 30.3 Å². The zero-order valence-electron chi connectivity index (χ0n) is 7.43. The fraction of sp³-hybridized carbons (Fsp3) is 0.250. The maximum absolute atomic E-state index is 9.44. The predicted octanol–water partition coefficient (Wildman–Crippen LogP) is 0.112. The van der Waals surface area contributed by atoms with Gasteiger partial charge in [0.15, 0.2) is 0 Å². The number of hydrogen-bond acceptors (Lipinski definition) is 3. The molecule has 0 bridgehead atoms. The van der Waals surface area contributed by atoms with Crippen molar-refractivity contribution in [2.45, 2.75) is 6.92 Å². The second kappa shape index (κ2) is 5.69. The lowest BCUT2D eigenvalue weighted by Crippen LogP contribution is -2.39. The number of rotatable bonds is 1. The Labute approximate surface area is 78.1 Å². The van der Waals surface area contributed by atoms with Gasteiger partial charge in [0.2, 0.25) is 0 Å². The lowest BCUT2D eigenvalue weighted by Gasteiger charge is -1.97. The van der Waals surface area contributed by atoms with Crippen molar-refractivity contribution in [1.29, 1.82) is 0 Å². The van der Waals surface area contributed by atoms with Crippen molar-refractivity contribution in [3.63, 3.8) is 0 Å². The molecule has 74 valence electrons. The van der Waals surface area contributed by atoms with E-state index in [4.69, 9.17) is 0 Å². The van der Waals surface area contributed by atoms with Crippen LogP contribution in [0.15, 0.2) is 30.3 Å². The summed E-state index contributed by atoms with van der Waals surface area (Å²) >= 11 is 0. The molecule has 0 heterocycles. The van der Waals surface area contributed by atoms with Gasteiger partial charge in [0.25, 0.3) is 0 Å². The van der Waals surface area contributed by atoms with E-state index in [1.54, 1.807) is 0 Å². The highest BCUT2D eigenvalue weighted by Gasteiger charge is 1.80. The molecular weight excluding hydrogens is 190 g/mol. The van der Waals surface area contributed by atoms with Gasteiger partial charge in [-0.3, -0.25) is 0 Å².